The van der Waals surface area contributed by atoms with Gasteiger partial charge in [0.25, 0.3) is 0 Å². The lowest BCUT2D eigenvalue weighted by atomic mass is 9.60. The van der Waals surface area contributed by atoms with Gasteiger partial charge in [0.1, 0.15) is 0 Å². The second-order valence-electron chi connectivity index (χ2n) is 11.5. The van der Waals surface area contributed by atoms with Crippen molar-refractivity contribution in [1.82, 2.24) is 19.6 Å². The topological polar surface area (TPSA) is 89.3 Å². The molecule has 6 nitrogen and oxygen atoms in total. The lowest BCUT2D eigenvalue weighted by molar-refractivity contribution is -0.106. The van der Waals surface area contributed by atoms with Crippen molar-refractivity contribution in [2.45, 2.75) is 36.8 Å². The van der Waals surface area contributed by atoms with Gasteiger partial charge in [0.15, 0.2) is 11.5 Å². The predicted octanol–water partition coefficient (Wildman–Crippen LogP) is 6.37. The average Bonchev–Trinajstić information content (AvgIpc) is 3.76. The van der Waals surface area contributed by atoms with Crippen LogP contribution >= 0.6 is 0 Å². The fraction of sp³-hybridized carbons (Fsp3) is 0.206. The fourth-order valence-corrected chi connectivity index (χ4v) is 6.55. The number of nitrogens with two attached hydrogens (primary N) is 1. The predicted molar refractivity (Wildman–Crippen MR) is 157 cm³/mol. The minimum Gasteiger partial charge on any atom is -0.389 e. The van der Waals surface area contributed by atoms with Gasteiger partial charge in [0.2, 0.25) is 0 Å². The molecule has 6 aromatic rings. The van der Waals surface area contributed by atoms with Gasteiger partial charge < -0.3 is 10.8 Å². The molecule has 0 spiro atoms. The van der Waals surface area contributed by atoms with E-state index in [1.807, 2.05) is 65.2 Å². The molecule has 3 aromatic carbocycles. The van der Waals surface area contributed by atoms with Crippen molar-refractivity contribution in [3.63, 3.8) is 0 Å². The zero-order valence-electron chi connectivity index (χ0n) is 22.0. The molecule has 0 radical (unpaired) electrons. The van der Waals surface area contributed by atoms with E-state index < -0.39 is 11.1 Å². The smallest absolute Gasteiger partial charge is 0.170 e. The van der Waals surface area contributed by atoms with Gasteiger partial charge >= 0.3 is 0 Å². The lowest BCUT2D eigenvalue weighted by Crippen LogP contribution is -2.60. The molecule has 6 heteroatoms. The molecule has 0 amide bonds. The molecule has 0 saturated heterocycles. The van der Waals surface area contributed by atoms with Crippen molar-refractivity contribution in [2.75, 3.05) is 0 Å². The van der Waals surface area contributed by atoms with E-state index in [0.29, 0.717) is 18.8 Å². The highest BCUT2D eigenvalue weighted by atomic mass is 16.3. The Kier molecular flexibility index (Phi) is 5.02. The number of nitrogens with zero attached hydrogens (tertiary/aromatic N) is 4. The summed E-state index contributed by atoms with van der Waals surface area (Å²) in [6.45, 7) is 0. The first-order chi connectivity index (χ1) is 19.5. The maximum absolute atomic E-state index is 10.9. The van der Waals surface area contributed by atoms with Gasteiger partial charge in [-0.15, -0.1) is 10.2 Å². The SMILES string of the molecule is N[C@]1(c2ccc(-c3nc4ccn5c(-c6ccccc6)nnc5c4cc3-c3ccccc3)cc2)C[C@](O)(C2CC2)C1. The molecule has 2 saturated carbocycles. The summed E-state index contributed by atoms with van der Waals surface area (Å²) in [5, 5.41) is 20.9. The number of aliphatic hydroxyl groups is 1. The van der Waals surface area contributed by atoms with Crippen molar-refractivity contribution in [3.05, 3.63) is 109 Å². The lowest BCUT2D eigenvalue weighted by Gasteiger charge is -2.52. The second-order valence-corrected chi connectivity index (χ2v) is 11.5. The molecular formula is C34H29N5O. The van der Waals surface area contributed by atoms with E-state index >= 15 is 0 Å². The fourth-order valence-electron chi connectivity index (χ4n) is 6.55. The van der Waals surface area contributed by atoms with Crippen molar-refractivity contribution in [3.8, 4) is 33.8 Å². The first kappa shape index (κ1) is 23.5. The van der Waals surface area contributed by atoms with Crippen LogP contribution in [-0.4, -0.2) is 30.3 Å². The van der Waals surface area contributed by atoms with Crippen LogP contribution in [0.4, 0.5) is 0 Å². The number of benzene rings is 3. The summed E-state index contributed by atoms with van der Waals surface area (Å²) in [4.78, 5) is 5.18. The summed E-state index contributed by atoms with van der Waals surface area (Å²) in [6.07, 6.45) is 5.50. The molecule has 40 heavy (non-hydrogen) atoms. The van der Waals surface area contributed by atoms with E-state index in [0.717, 1.165) is 68.7 Å². The van der Waals surface area contributed by atoms with E-state index in [2.05, 4.69) is 52.7 Å². The number of pyridine rings is 2. The number of fused-ring (bicyclic) bond motifs is 3. The highest BCUT2D eigenvalue weighted by molar-refractivity contribution is 5.98. The molecule has 3 aromatic heterocycles. The summed E-state index contributed by atoms with van der Waals surface area (Å²) >= 11 is 0. The van der Waals surface area contributed by atoms with Crippen LogP contribution in [0, 0.1) is 5.92 Å². The zero-order valence-corrected chi connectivity index (χ0v) is 22.0. The third-order valence-corrected chi connectivity index (χ3v) is 8.80. The number of hydrogen-bond acceptors (Lipinski definition) is 5. The van der Waals surface area contributed by atoms with Crippen LogP contribution in [0.1, 0.15) is 31.2 Å². The average molecular weight is 524 g/mol. The molecule has 2 aliphatic carbocycles. The summed E-state index contributed by atoms with van der Waals surface area (Å²) < 4.78 is 2.03. The Labute approximate surface area is 232 Å². The monoisotopic (exact) mass is 523 g/mol. The molecule has 3 N–H and O–H groups in total. The van der Waals surface area contributed by atoms with Crippen LogP contribution < -0.4 is 5.73 Å². The van der Waals surface area contributed by atoms with Crippen molar-refractivity contribution in [2.24, 2.45) is 11.7 Å². The van der Waals surface area contributed by atoms with Crippen LogP contribution in [0.5, 0.6) is 0 Å². The molecule has 196 valence electrons. The van der Waals surface area contributed by atoms with Gasteiger partial charge in [-0.3, -0.25) is 4.40 Å². The van der Waals surface area contributed by atoms with Crippen molar-refractivity contribution >= 4 is 16.6 Å². The quantitative estimate of drug-likeness (QED) is 0.274. The van der Waals surface area contributed by atoms with E-state index in [9.17, 15) is 5.11 Å². The maximum atomic E-state index is 10.9. The Morgan fingerprint density at radius 1 is 0.775 bits per heavy atom. The standard InChI is InChI=1S/C34H29N5O/c35-33(20-34(40,21-33)26-15-16-26)25-13-11-23(12-14-25)30-27(22-7-3-1-4-8-22)19-28-29(36-30)17-18-39-31(37-38-32(28)39)24-9-5-2-6-10-24/h1-14,17-19,26,40H,15-16,20-21,35H2/t33-,34-. The Balaban J connectivity index is 1.24. The Bertz CT molecular complexity index is 1870. The molecule has 0 aliphatic heterocycles. The summed E-state index contributed by atoms with van der Waals surface area (Å²) in [5.41, 5.74) is 13.5. The molecular weight excluding hydrogens is 494 g/mol. The molecule has 3 heterocycles. The molecule has 0 bridgehead atoms. The minimum absolute atomic E-state index is 0.430. The zero-order chi connectivity index (χ0) is 26.9. The summed E-state index contributed by atoms with van der Waals surface area (Å²) in [7, 11) is 0. The third-order valence-electron chi connectivity index (χ3n) is 8.80. The van der Waals surface area contributed by atoms with E-state index in [1.54, 1.807) is 0 Å². The Hall–Kier alpha value is -4.39. The van der Waals surface area contributed by atoms with E-state index in [1.165, 1.54) is 0 Å². The Morgan fingerprint density at radius 2 is 1.45 bits per heavy atom. The van der Waals surface area contributed by atoms with E-state index in [4.69, 9.17) is 10.7 Å². The molecule has 2 aliphatic rings. The summed E-state index contributed by atoms with van der Waals surface area (Å²) in [5.74, 6) is 1.23. The molecule has 0 unspecified atom stereocenters. The second kappa shape index (κ2) is 8.55. The van der Waals surface area contributed by atoms with Crippen LogP contribution in [0.3, 0.4) is 0 Å². The number of rotatable bonds is 5. The van der Waals surface area contributed by atoms with Gasteiger partial charge in [-0.05, 0) is 54.9 Å². The van der Waals surface area contributed by atoms with Crippen LogP contribution in [0.25, 0.3) is 50.3 Å². The van der Waals surface area contributed by atoms with Gasteiger partial charge in [-0.1, -0.05) is 84.9 Å². The number of aromatic nitrogens is 4. The summed E-state index contributed by atoms with van der Waals surface area (Å²) in [6, 6.07) is 33.1. The highest BCUT2D eigenvalue weighted by Gasteiger charge is 2.58. The van der Waals surface area contributed by atoms with Crippen LogP contribution in [-0.2, 0) is 5.54 Å². The van der Waals surface area contributed by atoms with Gasteiger partial charge in [0.05, 0.1) is 16.8 Å². The normalized spacial score (nSPS) is 22.4. The molecule has 8 rings (SSSR count). The number of hydrogen-bond donors (Lipinski definition) is 2. The van der Waals surface area contributed by atoms with E-state index in [-0.39, 0.29) is 0 Å². The largest absolute Gasteiger partial charge is 0.389 e. The third kappa shape index (κ3) is 3.68. The van der Waals surface area contributed by atoms with Gasteiger partial charge in [0, 0.05) is 33.8 Å². The van der Waals surface area contributed by atoms with Crippen molar-refractivity contribution < 1.29 is 5.11 Å². The maximum Gasteiger partial charge on any atom is 0.170 e. The van der Waals surface area contributed by atoms with Gasteiger partial charge in [-0.25, -0.2) is 4.98 Å². The molecule has 2 fully saturated rings. The highest BCUT2D eigenvalue weighted by Crippen LogP contribution is 2.57. The van der Waals surface area contributed by atoms with Gasteiger partial charge in [-0.2, -0.15) is 0 Å². The Morgan fingerprint density at radius 3 is 2.12 bits per heavy atom. The first-order valence-corrected chi connectivity index (χ1v) is 13.9. The van der Waals surface area contributed by atoms with Crippen molar-refractivity contribution in [1.29, 1.82) is 0 Å². The van der Waals surface area contributed by atoms with Crippen LogP contribution in [0.2, 0.25) is 0 Å². The first-order valence-electron chi connectivity index (χ1n) is 13.9. The minimum atomic E-state index is -0.582. The molecule has 0 atom stereocenters. The van der Waals surface area contributed by atoms with Crippen LogP contribution in [0.15, 0.2) is 103 Å².